The number of para-hydroxylation sites is 2. The summed E-state index contributed by atoms with van der Waals surface area (Å²) in [4.78, 5) is 0. The van der Waals surface area contributed by atoms with Crippen LogP contribution in [0.2, 0.25) is 0 Å². The lowest BCUT2D eigenvalue weighted by atomic mass is 10.2. The van der Waals surface area contributed by atoms with Crippen LogP contribution in [0.3, 0.4) is 0 Å². The zero-order chi connectivity index (χ0) is 14.2. The van der Waals surface area contributed by atoms with Gasteiger partial charge in [0.1, 0.15) is 0 Å². The van der Waals surface area contributed by atoms with Gasteiger partial charge in [0.05, 0.1) is 11.4 Å². The first-order chi connectivity index (χ1) is 9.83. The zero-order valence-corrected chi connectivity index (χ0v) is 11.9. The summed E-state index contributed by atoms with van der Waals surface area (Å²) in [7, 11) is 0. The monoisotopic (exact) mass is 264 g/mol. The lowest BCUT2D eigenvalue weighted by Gasteiger charge is -2.16. The summed E-state index contributed by atoms with van der Waals surface area (Å²) in [5, 5.41) is 6.86. The van der Waals surface area contributed by atoms with E-state index in [0.29, 0.717) is 0 Å². The van der Waals surface area contributed by atoms with Gasteiger partial charge in [-0.25, -0.2) is 0 Å². The average molecular weight is 264 g/mol. The fourth-order valence-electron chi connectivity index (χ4n) is 1.94. The molecule has 102 valence electrons. The van der Waals surface area contributed by atoms with Crippen molar-refractivity contribution in [3.8, 4) is 0 Å². The minimum Gasteiger partial charge on any atom is -0.354 e. The first kappa shape index (κ1) is 13.9. The molecule has 2 rings (SSSR count). The van der Waals surface area contributed by atoms with E-state index < -0.39 is 0 Å². The van der Waals surface area contributed by atoms with Crippen LogP contribution < -0.4 is 10.6 Å². The third kappa shape index (κ3) is 3.75. The van der Waals surface area contributed by atoms with Crippen LogP contribution in [0.4, 0.5) is 11.4 Å². The van der Waals surface area contributed by atoms with Crippen molar-refractivity contribution in [2.24, 2.45) is 0 Å². The van der Waals surface area contributed by atoms with E-state index in [1.54, 1.807) is 0 Å². The Morgan fingerprint density at radius 2 is 1.00 bits per heavy atom. The lowest BCUT2D eigenvalue weighted by Crippen LogP contribution is -2.09. The molecule has 0 fully saturated rings. The van der Waals surface area contributed by atoms with Gasteiger partial charge in [0, 0.05) is 11.4 Å². The van der Waals surface area contributed by atoms with Gasteiger partial charge in [0.25, 0.3) is 0 Å². The number of rotatable bonds is 5. The minimum atomic E-state index is 1.06. The summed E-state index contributed by atoms with van der Waals surface area (Å²) in [5.74, 6) is 0. The molecule has 2 aromatic rings. The van der Waals surface area contributed by atoms with Crippen LogP contribution >= 0.6 is 0 Å². The van der Waals surface area contributed by atoms with Crippen molar-refractivity contribution in [2.75, 3.05) is 10.6 Å². The van der Waals surface area contributed by atoms with Crippen LogP contribution in [-0.2, 0) is 0 Å². The van der Waals surface area contributed by atoms with Crippen LogP contribution in [-0.4, -0.2) is 0 Å². The first-order valence-corrected chi connectivity index (χ1v) is 6.80. The van der Waals surface area contributed by atoms with E-state index in [1.165, 1.54) is 0 Å². The molecule has 0 aromatic heterocycles. The van der Waals surface area contributed by atoms with Crippen molar-refractivity contribution in [3.63, 3.8) is 0 Å². The zero-order valence-electron chi connectivity index (χ0n) is 11.9. The fraction of sp³-hybridized carbons (Fsp3) is 0.111. The molecule has 0 heterocycles. The molecule has 0 atom stereocenters. The van der Waals surface area contributed by atoms with E-state index in [4.69, 9.17) is 0 Å². The van der Waals surface area contributed by atoms with Gasteiger partial charge >= 0.3 is 0 Å². The minimum absolute atomic E-state index is 1.06. The molecule has 2 N–H and O–H groups in total. The molecule has 0 amide bonds. The van der Waals surface area contributed by atoms with Gasteiger partial charge in [-0.1, -0.05) is 48.6 Å². The van der Waals surface area contributed by atoms with Gasteiger partial charge in [-0.05, 0) is 38.1 Å². The van der Waals surface area contributed by atoms with Crippen LogP contribution in [0.5, 0.6) is 0 Å². The third-order valence-corrected chi connectivity index (χ3v) is 2.97. The lowest BCUT2D eigenvalue weighted by molar-refractivity contribution is 1.30. The van der Waals surface area contributed by atoms with Gasteiger partial charge in [0.2, 0.25) is 0 Å². The SMILES string of the molecule is C/C=C(Nc1ccccc1)\C(=C/C)Nc1ccccc1. The summed E-state index contributed by atoms with van der Waals surface area (Å²) in [6.45, 7) is 4.06. The third-order valence-electron chi connectivity index (χ3n) is 2.97. The number of hydrogen-bond donors (Lipinski definition) is 2. The normalized spacial score (nSPS) is 12.1. The Bertz CT molecular complexity index is 528. The molecule has 20 heavy (non-hydrogen) atoms. The highest BCUT2D eigenvalue weighted by atomic mass is 15.0. The molecule has 0 aliphatic heterocycles. The maximum atomic E-state index is 3.43. The van der Waals surface area contributed by atoms with E-state index in [2.05, 4.69) is 47.1 Å². The van der Waals surface area contributed by atoms with Crippen LogP contribution in [0.15, 0.2) is 84.2 Å². The molecule has 0 aliphatic carbocycles. The molecule has 0 spiro atoms. The largest absolute Gasteiger partial charge is 0.354 e. The Hall–Kier alpha value is -2.48. The highest BCUT2D eigenvalue weighted by Crippen LogP contribution is 2.18. The summed E-state index contributed by atoms with van der Waals surface area (Å²) in [5.41, 5.74) is 4.27. The number of hydrogen-bond acceptors (Lipinski definition) is 2. The highest BCUT2D eigenvalue weighted by molar-refractivity contribution is 5.59. The Balaban J connectivity index is 2.13. The predicted octanol–water partition coefficient (Wildman–Crippen LogP) is 5.02. The van der Waals surface area contributed by atoms with Crippen LogP contribution in [0.25, 0.3) is 0 Å². The summed E-state index contributed by atoms with van der Waals surface area (Å²) in [6.07, 6.45) is 4.14. The second-order valence-electron chi connectivity index (χ2n) is 4.39. The number of benzene rings is 2. The second-order valence-corrected chi connectivity index (χ2v) is 4.39. The highest BCUT2D eigenvalue weighted by Gasteiger charge is 2.04. The standard InChI is InChI=1S/C18H20N2/c1-3-17(19-15-11-7-5-8-12-15)18(4-2)20-16-13-9-6-10-14-16/h3-14,19-20H,1-2H3/b17-3+,18-4+. The summed E-state index contributed by atoms with van der Waals surface area (Å²) in [6, 6.07) is 20.3. The molecule has 2 heteroatoms. The number of nitrogens with one attached hydrogen (secondary N) is 2. The molecule has 0 saturated heterocycles. The topological polar surface area (TPSA) is 24.1 Å². The van der Waals surface area contributed by atoms with Gasteiger partial charge in [0.15, 0.2) is 0 Å². The van der Waals surface area contributed by atoms with E-state index >= 15 is 0 Å². The summed E-state index contributed by atoms with van der Waals surface area (Å²) >= 11 is 0. The van der Waals surface area contributed by atoms with Crippen molar-refractivity contribution in [1.29, 1.82) is 0 Å². The molecular formula is C18H20N2. The van der Waals surface area contributed by atoms with Gasteiger partial charge in [-0.15, -0.1) is 0 Å². The molecule has 0 radical (unpaired) electrons. The molecule has 2 nitrogen and oxygen atoms in total. The molecule has 0 bridgehead atoms. The van der Waals surface area contributed by atoms with E-state index in [0.717, 1.165) is 22.8 Å². The molecule has 0 aliphatic rings. The van der Waals surface area contributed by atoms with Crippen LogP contribution in [0.1, 0.15) is 13.8 Å². The molecular weight excluding hydrogens is 244 g/mol. The fourth-order valence-corrected chi connectivity index (χ4v) is 1.94. The summed E-state index contributed by atoms with van der Waals surface area (Å²) < 4.78 is 0. The Morgan fingerprint density at radius 1 is 0.650 bits per heavy atom. The van der Waals surface area contributed by atoms with Crippen molar-refractivity contribution >= 4 is 11.4 Å². The van der Waals surface area contributed by atoms with Gasteiger partial charge < -0.3 is 10.6 Å². The second kappa shape index (κ2) is 7.19. The Labute approximate surface area is 120 Å². The Kier molecular flexibility index (Phi) is 5.01. The quantitative estimate of drug-likeness (QED) is 0.741. The van der Waals surface area contributed by atoms with E-state index in [-0.39, 0.29) is 0 Å². The molecule has 0 unspecified atom stereocenters. The van der Waals surface area contributed by atoms with Crippen molar-refractivity contribution < 1.29 is 0 Å². The smallest absolute Gasteiger partial charge is 0.0576 e. The van der Waals surface area contributed by atoms with Gasteiger partial charge in [-0.2, -0.15) is 0 Å². The van der Waals surface area contributed by atoms with E-state index in [1.807, 2.05) is 50.2 Å². The molecule has 0 saturated carbocycles. The number of anilines is 2. The number of allylic oxidation sites excluding steroid dienone is 2. The van der Waals surface area contributed by atoms with E-state index in [9.17, 15) is 0 Å². The maximum Gasteiger partial charge on any atom is 0.0576 e. The predicted molar refractivity (Wildman–Crippen MR) is 87.6 cm³/mol. The maximum absolute atomic E-state index is 3.43. The van der Waals surface area contributed by atoms with Crippen molar-refractivity contribution in [1.82, 2.24) is 0 Å². The molecule has 2 aromatic carbocycles. The average Bonchev–Trinajstić information content (AvgIpc) is 2.52. The Morgan fingerprint density at radius 3 is 1.30 bits per heavy atom. The van der Waals surface area contributed by atoms with Crippen LogP contribution in [0, 0.1) is 0 Å². The van der Waals surface area contributed by atoms with Crippen molar-refractivity contribution in [2.45, 2.75) is 13.8 Å². The van der Waals surface area contributed by atoms with Gasteiger partial charge in [-0.3, -0.25) is 0 Å². The van der Waals surface area contributed by atoms with Crippen molar-refractivity contribution in [3.05, 3.63) is 84.2 Å². The first-order valence-electron chi connectivity index (χ1n) is 6.80.